The summed E-state index contributed by atoms with van der Waals surface area (Å²) in [6, 6.07) is 10.6. The molecule has 2 aromatic heterocycles. The average Bonchev–Trinajstić information content (AvgIpc) is 3.42. The number of carboxylic acids is 1. The molecular weight excluding hydrogens is 460 g/mol. The normalized spacial score (nSPS) is 13.5. The minimum atomic E-state index is -0.996. The number of hydrogen-bond donors (Lipinski definition) is 3. The van der Waals surface area contributed by atoms with Crippen molar-refractivity contribution in [3.05, 3.63) is 64.9 Å². The first kappa shape index (κ1) is 24.9. The summed E-state index contributed by atoms with van der Waals surface area (Å²) in [7, 11) is 0. The van der Waals surface area contributed by atoms with E-state index in [-0.39, 0.29) is 5.91 Å². The van der Waals surface area contributed by atoms with Crippen molar-refractivity contribution < 1.29 is 14.7 Å². The molecule has 35 heavy (non-hydrogen) atoms. The molecule has 3 heterocycles. The smallest absolute Gasteiger partial charge is 0.326 e. The maximum Gasteiger partial charge on any atom is 0.326 e. The Morgan fingerprint density at radius 2 is 1.97 bits per heavy atom. The molecule has 1 aliphatic heterocycles. The van der Waals surface area contributed by atoms with Crippen LogP contribution >= 0.6 is 11.3 Å². The zero-order valence-electron chi connectivity index (χ0n) is 19.8. The van der Waals surface area contributed by atoms with Gasteiger partial charge in [-0.15, -0.1) is 11.3 Å². The second-order valence-corrected chi connectivity index (χ2v) is 9.84. The van der Waals surface area contributed by atoms with Crippen molar-refractivity contribution in [3.63, 3.8) is 0 Å². The van der Waals surface area contributed by atoms with Gasteiger partial charge in [0.1, 0.15) is 11.9 Å². The fraction of sp³-hybridized carbons (Fsp3) is 0.407. The van der Waals surface area contributed by atoms with Crippen molar-refractivity contribution >= 4 is 29.0 Å². The van der Waals surface area contributed by atoms with E-state index in [1.807, 2.05) is 6.07 Å². The summed E-state index contributed by atoms with van der Waals surface area (Å²) in [5.41, 5.74) is 5.53. The Hall–Kier alpha value is -3.26. The van der Waals surface area contributed by atoms with Crippen LogP contribution in [0.4, 0.5) is 5.82 Å². The van der Waals surface area contributed by atoms with Gasteiger partial charge in [0, 0.05) is 24.0 Å². The summed E-state index contributed by atoms with van der Waals surface area (Å²) in [4.78, 5) is 34.2. The lowest BCUT2D eigenvalue weighted by atomic mass is 10.0. The molecule has 8 heteroatoms. The Kier molecular flexibility index (Phi) is 8.84. The summed E-state index contributed by atoms with van der Waals surface area (Å²) < 4.78 is 0. The molecule has 0 fully saturated rings. The van der Waals surface area contributed by atoms with Crippen LogP contribution in [0.25, 0.3) is 10.4 Å². The SMILES string of the molecule is O=C(N[C@@H](CCCCCCCc1ccc2c(n1)NCCC2)C(=O)O)c1cccc(-c2cncs2)c1. The zero-order chi connectivity index (χ0) is 24.5. The molecule has 3 aromatic rings. The van der Waals surface area contributed by atoms with Crippen LogP contribution in [0.2, 0.25) is 0 Å². The molecule has 0 radical (unpaired) electrons. The number of thiazole rings is 1. The van der Waals surface area contributed by atoms with E-state index in [1.165, 1.54) is 23.3 Å². The Morgan fingerprint density at radius 3 is 2.80 bits per heavy atom. The maximum atomic E-state index is 12.7. The van der Waals surface area contributed by atoms with Crippen molar-refractivity contribution in [1.82, 2.24) is 15.3 Å². The summed E-state index contributed by atoms with van der Waals surface area (Å²) in [5, 5.41) is 15.7. The minimum Gasteiger partial charge on any atom is -0.480 e. The Labute approximate surface area is 210 Å². The van der Waals surface area contributed by atoms with Crippen molar-refractivity contribution in [3.8, 4) is 10.4 Å². The van der Waals surface area contributed by atoms with Crippen LogP contribution < -0.4 is 10.6 Å². The number of anilines is 1. The first-order valence-electron chi connectivity index (χ1n) is 12.4. The fourth-order valence-electron chi connectivity index (χ4n) is 4.36. The van der Waals surface area contributed by atoms with Gasteiger partial charge in [0.05, 0.1) is 10.4 Å². The number of aryl methyl sites for hydroxylation is 2. The molecule has 0 aliphatic carbocycles. The number of pyridine rings is 1. The van der Waals surface area contributed by atoms with Gasteiger partial charge in [-0.2, -0.15) is 0 Å². The number of amides is 1. The van der Waals surface area contributed by atoms with E-state index < -0.39 is 12.0 Å². The minimum absolute atomic E-state index is 0.365. The third-order valence-electron chi connectivity index (χ3n) is 6.32. The van der Waals surface area contributed by atoms with Gasteiger partial charge in [-0.1, -0.05) is 43.9 Å². The lowest BCUT2D eigenvalue weighted by Gasteiger charge is -2.17. The predicted molar refractivity (Wildman–Crippen MR) is 139 cm³/mol. The number of nitrogens with one attached hydrogen (secondary N) is 2. The van der Waals surface area contributed by atoms with Gasteiger partial charge in [-0.05, 0) is 61.4 Å². The fourth-order valence-corrected chi connectivity index (χ4v) is 4.98. The first-order valence-corrected chi connectivity index (χ1v) is 13.2. The predicted octanol–water partition coefficient (Wildman–Crippen LogP) is 5.33. The number of aliphatic carboxylic acids is 1. The van der Waals surface area contributed by atoms with E-state index >= 15 is 0 Å². The van der Waals surface area contributed by atoms with Gasteiger partial charge >= 0.3 is 5.97 Å². The van der Waals surface area contributed by atoms with Crippen LogP contribution in [-0.2, 0) is 17.6 Å². The Bertz CT molecular complexity index is 1130. The largest absolute Gasteiger partial charge is 0.480 e. The molecule has 1 atom stereocenters. The van der Waals surface area contributed by atoms with E-state index in [9.17, 15) is 14.7 Å². The third-order valence-corrected chi connectivity index (χ3v) is 7.14. The molecule has 4 rings (SSSR count). The number of aromatic nitrogens is 2. The second kappa shape index (κ2) is 12.4. The number of nitrogens with zero attached hydrogens (tertiary/aromatic N) is 2. The van der Waals surface area contributed by atoms with Gasteiger partial charge in [0.2, 0.25) is 0 Å². The van der Waals surface area contributed by atoms with Crippen molar-refractivity contribution in [2.75, 3.05) is 11.9 Å². The topological polar surface area (TPSA) is 104 Å². The molecule has 184 valence electrons. The number of unbranched alkanes of at least 4 members (excludes halogenated alkanes) is 4. The van der Waals surface area contributed by atoms with Crippen LogP contribution in [0.15, 0.2) is 48.1 Å². The highest BCUT2D eigenvalue weighted by atomic mass is 32.1. The lowest BCUT2D eigenvalue weighted by Crippen LogP contribution is -2.40. The number of rotatable bonds is 12. The van der Waals surface area contributed by atoms with Crippen LogP contribution in [0.1, 0.15) is 66.6 Å². The summed E-state index contributed by atoms with van der Waals surface area (Å²) in [6.07, 6.45) is 10.3. The average molecular weight is 493 g/mol. The molecule has 0 bridgehead atoms. The van der Waals surface area contributed by atoms with Gasteiger partial charge in [-0.25, -0.2) is 9.78 Å². The zero-order valence-corrected chi connectivity index (χ0v) is 20.7. The number of carbonyl (C=O) groups excluding carboxylic acids is 1. The lowest BCUT2D eigenvalue weighted by molar-refractivity contribution is -0.139. The van der Waals surface area contributed by atoms with Crippen LogP contribution in [0.5, 0.6) is 0 Å². The van der Waals surface area contributed by atoms with E-state index in [1.54, 1.807) is 29.9 Å². The quantitative estimate of drug-likeness (QED) is 0.295. The Balaban J connectivity index is 1.17. The molecule has 7 nitrogen and oxygen atoms in total. The molecule has 1 aliphatic rings. The van der Waals surface area contributed by atoms with Crippen LogP contribution in [-0.4, -0.2) is 39.5 Å². The first-order chi connectivity index (χ1) is 17.1. The number of carbonyl (C=O) groups is 2. The van der Waals surface area contributed by atoms with E-state index in [4.69, 9.17) is 4.98 Å². The summed E-state index contributed by atoms with van der Waals surface area (Å²) in [6.45, 7) is 1.00. The molecule has 0 unspecified atom stereocenters. The number of benzene rings is 1. The molecular formula is C27H32N4O3S. The molecule has 0 saturated heterocycles. The number of fused-ring (bicyclic) bond motifs is 1. The Morgan fingerprint density at radius 1 is 1.11 bits per heavy atom. The second-order valence-electron chi connectivity index (χ2n) is 8.96. The van der Waals surface area contributed by atoms with Crippen LogP contribution in [0, 0.1) is 0 Å². The standard InChI is InChI=1S/C27H32N4O3S/c32-26(21-9-6-8-20(16-21)24-17-28-18-35-24)31-23(27(33)34)12-5-3-1-2-4-11-22-14-13-19-10-7-15-29-25(19)30-22/h6,8-9,13-14,16-18,23H,1-5,7,10-12,15H2,(H,29,30)(H,31,32)(H,33,34)/t23-/m0/s1. The van der Waals surface area contributed by atoms with Gasteiger partial charge in [0.25, 0.3) is 5.91 Å². The summed E-state index contributed by atoms with van der Waals surface area (Å²) >= 11 is 1.50. The molecule has 1 amide bonds. The molecule has 3 N–H and O–H groups in total. The molecule has 0 spiro atoms. The van der Waals surface area contributed by atoms with Gasteiger partial charge in [0.15, 0.2) is 0 Å². The maximum absolute atomic E-state index is 12.7. The van der Waals surface area contributed by atoms with Crippen molar-refractivity contribution in [2.45, 2.75) is 63.8 Å². The van der Waals surface area contributed by atoms with E-state index in [0.29, 0.717) is 12.0 Å². The summed E-state index contributed by atoms with van der Waals surface area (Å²) in [5.74, 6) is -0.314. The number of hydrogen-bond acceptors (Lipinski definition) is 6. The highest BCUT2D eigenvalue weighted by molar-refractivity contribution is 7.13. The molecule has 0 saturated carbocycles. The van der Waals surface area contributed by atoms with Gasteiger partial charge < -0.3 is 15.7 Å². The van der Waals surface area contributed by atoms with Gasteiger partial charge in [-0.3, -0.25) is 9.78 Å². The highest BCUT2D eigenvalue weighted by Crippen LogP contribution is 2.24. The van der Waals surface area contributed by atoms with E-state index in [2.05, 4.69) is 27.8 Å². The van der Waals surface area contributed by atoms with E-state index in [0.717, 1.165) is 73.4 Å². The van der Waals surface area contributed by atoms with Crippen molar-refractivity contribution in [2.24, 2.45) is 0 Å². The third kappa shape index (κ3) is 7.11. The van der Waals surface area contributed by atoms with Crippen molar-refractivity contribution in [1.29, 1.82) is 0 Å². The molecule has 1 aromatic carbocycles. The monoisotopic (exact) mass is 492 g/mol. The highest BCUT2D eigenvalue weighted by Gasteiger charge is 2.20. The number of carboxylic acid groups (broad SMARTS) is 1. The van der Waals surface area contributed by atoms with Crippen LogP contribution in [0.3, 0.4) is 0 Å².